The van der Waals surface area contributed by atoms with E-state index in [4.69, 9.17) is 17.3 Å². The van der Waals surface area contributed by atoms with Crippen molar-refractivity contribution in [1.82, 2.24) is 9.55 Å². The summed E-state index contributed by atoms with van der Waals surface area (Å²) in [7, 11) is 1.76. The van der Waals surface area contributed by atoms with Gasteiger partial charge in [-0.25, -0.2) is 9.37 Å². The molecule has 5 heteroatoms. The molecule has 0 aliphatic carbocycles. The van der Waals surface area contributed by atoms with Gasteiger partial charge >= 0.3 is 0 Å². The van der Waals surface area contributed by atoms with E-state index in [0.29, 0.717) is 16.8 Å². The first-order valence-corrected chi connectivity index (χ1v) is 4.71. The maximum Gasteiger partial charge on any atom is 0.201 e. The number of hydrogen-bond donors (Lipinski definition) is 1. The Morgan fingerprint density at radius 3 is 2.40 bits per heavy atom. The molecule has 2 N–H and O–H groups in total. The third kappa shape index (κ3) is 1.68. The van der Waals surface area contributed by atoms with Crippen LogP contribution in [0.15, 0.2) is 24.3 Å². The van der Waals surface area contributed by atoms with Crippen LogP contribution < -0.4 is 5.73 Å². The first-order valence-electron chi connectivity index (χ1n) is 4.33. The number of nitrogens with zero attached hydrogens (tertiary/aromatic N) is 2. The Labute approximate surface area is 91.3 Å². The molecule has 1 aromatic heterocycles. The lowest BCUT2D eigenvalue weighted by molar-refractivity contribution is 0.628. The molecule has 2 aromatic rings. The van der Waals surface area contributed by atoms with Crippen molar-refractivity contribution in [2.75, 3.05) is 5.73 Å². The predicted octanol–water partition coefficient (Wildman–Crippen LogP) is 2.46. The van der Waals surface area contributed by atoms with Crippen LogP contribution in [0.3, 0.4) is 0 Å². The summed E-state index contributed by atoms with van der Waals surface area (Å²) >= 11 is 5.92. The number of imidazole rings is 1. The Hall–Kier alpha value is -1.55. The van der Waals surface area contributed by atoms with Crippen molar-refractivity contribution in [3.8, 4) is 11.3 Å². The lowest BCUT2D eigenvalue weighted by atomic mass is 10.1. The van der Waals surface area contributed by atoms with Crippen molar-refractivity contribution in [3.63, 3.8) is 0 Å². The van der Waals surface area contributed by atoms with E-state index < -0.39 is 0 Å². The molecule has 1 heterocycles. The van der Waals surface area contributed by atoms with E-state index in [9.17, 15) is 4.39 Å². The molecule has 0 spiro atoms. The first kappa shape index (κ1) is 9.98. The minimum absolute atomic E-state index is 0.287. The highest BCUT2D eigenvalue weighted by Crippen LogP contribution is 2.28. The van der Waals surface area contributed by atoms with Gasteiger partial charge in [-0.1, -0.05) is 11.6 Å². The van der Waals surface area contributed by atoms with E-state index in [0.717, 1.165) is 5.56 Å². The maximum atomic E-state index is 12.7. The number of halogens is 2. The molecule has 0 saturated carbocycles. The van der Waals surface area contributed by atoms with E-state index in [2.05, 4.69) is 4.98 Å². The lowest BCUT2D eigenvalue weighted by Gasteiger charge is -2.03. The molecule has 1 aromatic carbocycles. The molecule has 2 rings (SSSR count). The van der Waals surface area contributed by atoms with Crippen LogP contribution in [0, 0.1) is 5.82 Å². The molecule has 0 saturated heterocycles. The number of hydrogen-bond acceptors (Lipinski definition) is 2. The highest BCUT2D eigenvalue weighted by atomic mass is 35.5. The van der Waals surface area contributed by atoms with Gasteiger partial charge in [-0.2, -0.15) is 0 Å². The number of aromatic nitrogens is 2. The van der Waals surface area contributed by atoms with Gasteiger partial charge in [0.15, 0.2) is 5.15 Å². The highest BCUT2D eigenvalue weighted by Gasteiger charge is 2.12. The summed E-state index contributed by atoms with van der Waals surface area (Å²) in [5, 5.41) is 0.321. The van der Waals surface area contributed by atoms with Gasteiger partial charge in [-0.3, -0.25) is 0 Å². The van der Waals surface area contributed by atoms with Crippen LogP contribution >= 0.6 is 11.6 Å². The second kappa shape index (κ2) is 3.55. The molecular weight excluding hydrogens is 217 g/mol. The first-order chi connectivity index (χ1) is 7.09. The van der Waals surface area contributed by atoms with E-state index in [1.807, 2.05) is 0 Å². The fourth-order valence-corrected chi connectivity index (χ4v) is 1.72. The van der Waals surface area contributed by atoms with Gasteiger partial charge in [0.2, 0.25) is 5.95 Å². The molecule has 0 atom stereocenters. The van der Waals surface area contributed by atoms with Gasteiger partial charge in [0.1, 0.15) is 5.82 Å². The van der Waals surface area contributed by atoms with E-state index in [1.54, 1.807) is 23.7 Å². The standard InChI is InChI=1S/C10H9ClFN3/c1-15-8(9(11)14-10(15)13)6-2-4-7(12)5-3-6/h2-5H,1H3,(H2,13,14). The van der Waals surface area contributed by atoms with Crippen LogP contribution in [0.2, 0.25) is 5.15 Å². The largest absolute Gasteiger partial charge is 0.369 e. The zero-order valence-electron chi connectivity index (χ0n) is 8.04. The number of nitrogen functional groups attached to an aromatic ring is 1. The number of benzene rings is 1. The molecule has 3 nitrogen and oxygen atoms in total. The molecule has 0 fully saturated rings. The van der Waals surface area contributed by atoms with Gasteiger partial charge < -0.3 is 10.3 Å². The van der Waals surface area contributed by atoms with Crippen molar-refractivity contribution in [3.05, 3.63) is 35.2 Å². The number of anilines is 1. The Morgan fingerprint density at radius 2 is 1.93 bits per heavy atom. The normalized spacial score (nSPS) is 10.6. The summed E-state index contributed by atoms with van der Waals surface area (Å²) in [4.78, 5) is 3.92. The topological polar surface area (TPSA) is 43.8 Å². The summed E-state index contributed by atoms with van der Waals surface area (Å²) in [5.74, 6) is 0.0457. The van der Waals surface area contributed by atoms with Crippen LogP contribution in [0.4, 0.5) is 10.3 Å². The van der Waals surface area contributed by atoms with Crippen molar-refractivity contribution >= 4 is 17.5 Å². The van der Waals surface area contributed by atoms with Crippen LogP contribution in [0.25, 0.3) is 11.3 Å². The molecule has 0 amide bonds. The minimum atomic E-state index is -0.287. The monoisotopic (exact) mass is 225 g/mol. The average Bonchev–Trinajstić information content (AvgIpc) is 2.44. The molecule has 0 unspecified atom stereocenters. The van der Waals surface area contributed by atoms with Gasteiger partial charge in [0.05, 0.1) is 5.69 Å². The molecule has 0 aliphatic heterocycles. The third-order valence-corrected chi connectivity index (χ3v) is 2.47. The second-order valence-corrected chi connectivity index (χ2v) is 3.53. The van der Waals surface area contributed by atoms with Crippen LogP contribution in [-0.2, 0) is 7.05 Å². The number of nitrogens with two attached hydrogens (primary N) is 1. The Balaban J connectivity index is 2.58. The fourth-order valence-electron chi connectivity index (χ4n) is 1.40. The van der Waals surface area contributed by atoms with Crippen molar-refractivity contribution < 1.29 is 4.39 Å². The summed E-state index contributed by atoms with van der Waals surface area (Å²) in [6.45, 7) is 0. The average molecular weight is 226 g/mol. The highest BCUT2D eigenvalue weighted by molar-refractivity contribution is 6.32. The van der Waals surface area contributed by atoms with E-state index >= 15 is 0 Å². The Kier molecular flexibility index (Phi) is 2.36. The zero-order valence-corrected chi connectivity index (χ0v) is 8.79. The minimum Gasteiger partial charge on any atom is -0.369 e. The van der Waals surface area contributed by atoms with Gasteiger partial charge in [0.25, 0.3) is 0 Å². The molecule has 78 valence electrons. The Morgan fingerprint density at radius 1 is 1.33 bits per heavy atom. The van der Waals surface area contributed by atoms with Crippen molar-refractivity contribution in [1.29, 1.82) is 0 Å². The molecule has 0 bridgehead atoms. The second-order valence-electron chi connectivity index (χ2n) is 3.18. The van der Waals surface area contributed by atoms with Crippen molar-refractivity contribution in [2.45, 2.75) is 0 Å². The van der Waals surface area contributed by atoms with E-state index in [1.165, 1.54) is 12.1 Å². The van der Waals surface area contributed by atoms with Gasteiger partial charge in [0, 0.05) is 12.6 Å². The van der Waals surface area contributed by atoms with Crippen LogP contribution in [0.5, 0.6) is 0 Å². The molecular formula is C10H9ClFN3. The van der Waals surface area contributed by atoms with Crippen LogP contribution in [-0.4, -0.2) is 9.55 Å². The predicted molar refractivity (Wildman–Crippen MR) is 58.0 cm³/mol. The zero-order chi connectivity index (χ0) is 11.0. The fraction of sp³-hybridized carbons (Fsp3) is 0.100. The van der Waals surface area contributed by atoms with Gasteiger partial charge in [-0.15, -0.1) is 0 Å². The quantitative estimate of drug-likeness (QED) is 0.810. The van der Waals surface area contributed by atoms with Gasteiger partial charge in [-0.05, 0) is 24.3 Å². The lowest BCUT2D eigenvalue weighted by Crippen LogP contribution is -1.98. The maximum absolute atomic E-state index is 12.7. The van der Waals surface area contributed by atoms with Crippen LogP contribution in [0.1, 0.15) is 0 Å². The Bertz CT molecular complexity index is 490. The molecule has 0 radical (unpaired) electrons. The van der Waals surface area contributed by atoms with E-state index in [-0.39, 0.29) is 5.82 Å². The molecule has 15 heavy (non-hydrogen) atoms. The third-order valence-electron chi connectivity index (χ3n) is 2.20. The molecule has 0 aliphatic rings. The smallest absolute Gasteiger partial charge is 0.201 e. The SMILES string of the molecule is Cn1c(N)nc(Cl)c1-c1ccc(F)cc1. The summed E-state index contributed by atoms with van der Waals surface area (Å²) in [6, 6.07) is 6.01. The summed E-state index contributed by atoms with van der Waals surface area (Å²) in [5.41, 5.74) is 7.08. The number of rotatable bonds is 1. The summed E-state index contributed by atoms with van der Waals surface area (Å²) in [6.07, 6.45) is 0. The van der Waals surface area contributed by atoms with Crippen molar-refractivity contribution in [2.24, 2.45) is 7.05 Å². The summed E-state index contributed by atoms with van der Waals surface area (Å²) < 4.78 is 14.4.